The van der Waals surface area contributed by atoms with E-state index >= 15 is 0 Å². The Morgan fingerprint density at radius 1 is 0.593 bits per heavy atom. The molecule has 27 heavy (non-hydrogen) atoms. The summed E-state index contributed by atoms with van der Waals surface area (Å²) in [4.78, 5) is 17.8. The van der Waals surface area contributed by atoms with E-state index < -0.39 is 0 Å². The standard InChI is InChI=1S/2C7H6O2.2C3H8O.Ti/c2*8-6-4-2-1-3-5-7(6)9;2*1-3(2)4;/h2*1-5H,(H,8,9);2*3-4H,1-2H3;/p+6. The van der Waals surface area contributed by atoms with E-state index in [4.69, 9.17) is 30.0 Å². The molecule has 0 fully saturated rings. The van der Waals surface area contributed by atoms with Gasteiger partial charge >= 0.3 is 22.4 Å². The Bertz CT molecular complexity index is 652. The van der Waals surface area contributed by atoms with Gasteiger partial charge in [-0.15, -0.1) is 0 Å². The van der Waals surface area contributed by atoms with Gasteiger partial charge in [-0.1, -0.05) is 36.4 Å². The van der Waals surface area contributed by atoms with Crippen LogP contribution in [-0.2, 0) is 21.7 Å². The van der Waals surface area contributed by atoms with Crippen molar-refractivity contribution in [2.24, 2.45) is 0 Å². The third kappa shape index (κ3) is 24.0. The molecule has 0 saturated heterocycles. The molecule has 0 unspecified atom stereocenters. The van der Waals surface area contributed by atoms with E-state index in [0.717, 1.165) is 0 Å². The maximum Gasteiger partial charge on any atom is 0.433 e. The Morgan fingerprint density at radius 2 is 0.815 bits per heavy atom. The van der Waals surface area contributed by atoms with Crippen molar-refractivity contribution in [3.05, 3.63) is 71.5 Å². The fraction of sp³-hybridized carbons (Fsp3) is 0.300. The predicted octanol–water partition coefficient (Wildman–Crippen LogP) is 0.494. The van der Waals surface area contributed by atoms with E-state index in [-0.39, 0.29) is 56.3 Å². The van der Waals surface area contributed by atoms with Gasteiger partial charge in [0.25, 0.3) is 0 Å². The number of rotatable bonds is 0. The minimum Gasteiger partial charge on any atom is -0.587 e. The fourth-order valence-corrected chi connectivity index (χ4v) is 1.08. The number of hydrogen-bond acceptors (Lipinski definition) is 0. The molecule has 6 nitrogen and oxygen atoms in total. The molecule has 10 N–H and O–H groups in total. The molecule has 0 aromatic heterocycles. The zero-order chi connectivity index (χ0) is 20.5. The summed E-state index contributed by atoms with van der Waals surface area (Å²) in [5, 5.41) is 27.3. The SMILES string of the molecule is CC(C)[OH2+].CC(C)[OH2+].[OH+]=c1cccccc1[OH2+].[OH+]=c1cccccc1[OH2+].[Ti]. The first-order chi connectivity index (χ1) is 12.1. The Hall–Kier alpha value is -1.99. The van der Waals surface area contributed by atoms with E-state index in [1.807, 2.05) is 27.7 Å². The van der Waals surface area contributed by atoms with Gasteiger partial charge in [0, 0.05) is 61.5 Å². The second kappa shape index (κ2) is 18.8. The fourth-order valence-electron chi connectivity index (χ4n) is 1.08. The van der Waals surface area contributed by atoms with Gasteiger partial charge in [-0.25, -0.2) is 0 Å². The van der Waals surface area contributed by atoms with Crippen molar-refractivity contribution in [1.82, 2.24) is 0 Å². The van der Waals surface area contributed by atoms with Gasteiger partial charge in [0.1, 0.15) is 12.2 Å². The summed E-state index contributed by atoms with van der Waals surface area (Å²) >= 11 is 0. The van der Waals surface area contributed by atoms with Crippen LogP contribution in [-0.4, -0.2) is 42.2 Å². The largest absolute Gasteiger partial charge is 0.587 e. The van der Waals surface area contributed by atoms with Gasteiger partial charge in [-0.2, -0.15) is 0 Å². The van der Waals surface area contributed by atoms with Crippen molar-refractivity contribution in [2.75, 3.05) is 0 Å². The van der Waals surface area contributed by atoms with Crippen molar-refractivity contribution in [3.63, 3.8) is 0 Å². The summed E-state index contributed by atoms with van der Waals surface area (Å²) in [6.07, 6.45) is 0.167. The first-order valence-electron chi connectivity index (χ1n) is 8.16. The molecular weight excluding hydrogens is 384 g/mol. The summed E-state index contributed by atoms with van der Waals surface area (Å²) in [5.74, 6) is 0.306. The summed E-state index contributed by atoms with van der Waals surface area (Å²) in [7, 11) is 0. The van der Waals surface area contributed by atoms with Gasteiger partial charge in [-0.3, -0.25) is 9.59 Å². The first kappa shape index (κ1) is 29.8. The minimum atomic E-state index is 0. The zero-order valence-electron chi connectivity index (χ0n) is 16.3. The van der Waals surface area contributed by atoms with Crippen LogP contribution in [0.5, 0.6) is 11.5 Å². The molecular formula is C20H34O6Ti+6. The van der Waals surface area contributed by atoms with E-state index in [2.05, 4.69) is 0 Å². The predicted molar refractivity (Wildman–Crippen MR) is 107 cm³/mol. The molecule has 7 heteroatoms. The van der Waals surface area contributed by atoms with Crippen LogP contribution in [0.1, 0.15) is 27.7 Å². The second-order valence-corrected chi connectivity index (χ2v) is 5.73. The Balaban J connectivity index is -0.000000303. The maximum absolute atomic E-state index is 8.89. The molecule has 0 heterocycles. The molecule has 0 aliphatic rings. The van der Waals surface area contributed by atoms with Crippen LogP contribution in [0.15, 0.2) is 60.7 Å². The average Bonchev–Trinajstić information content (AvgIpc) is 2.81. The van der Waals surface area contributed by atoms with Crippen molar-refractivity contribution in [3.8, 4) is 11.5 Å². The molecule has 0 aliphatic heterocycles. The molecule has 0 spiro atoms. The van der Waals surface area contributed by atoms with Crippen molar-refractivity contribution < 1.29 is 51.7 Å². The van der Waals surface area contributed by atoms with Crippen molar-refractivity contribution in [2.45, 2.75) is 39.9 Å². The third-order valence-corrected chi connectivity index (χ3v) is 2.03. The molecule has 0 amide bonds. The van der Waals surface area contributed by atoms with Crippen LogP contribution in [0.25, 0.3) is 0 Å². The molecule has 2 aromatic rings. The second-order valence-electron chi connectivity index (χ2n) is 5.73. The normalized spacial score (nSPS) is 8.59. The Kier molecular flexibility index (Phi) is 20.7. The summed E-state index contributed by atoms with van der Waals surface area (Å²) in [5.41, 5.74) is 0.0278. The molecule has 0 radical (unpaired) electrons. The van der Waals surface area contributed by atoms with Crippen LogP contribution >= 0.6 is 0 Å². The Labute approximate surface area is 174 Å². The van der Waals surface area contributed by atoms with Crippen molar-refractivity contribution >= 4 is 0 Å². The summed E-state index contributed by atoms with van der Waals surface area (Å²) in [6.45, 7) is 7.33. The zero-order valence-corrected chi connectivity index (χ0v) is 17.9. The van der Waals surface area contributed by atoms with E-state index in [0.29, 0.717) is 0 Å². The average molecular weight is 418 g/mol. The molecule has 0 aliphatic carbocycles. The quantitative estimate of drug-likeness (QED) is 0.435. The topological polar surface area (TPSA) is 134 Å². The van der Waals surface area contributed by atoms with E-state index in [1.165, 1.54) is 24.3 Å². The van der Waals surface area contributed by atoms with Gasteiger partial charge in [0.15, 0.2) is 0 Å². The molecule has 0 bridgehead atoms. The molecule has 148 valence electrons. The van der Waals surface area contributed by atoms with Crippen LogP contribution in [0.4, 0.5) is 0 Å². The van der Waals surface area contributed by atoms with Crippen molar-refractivity contribution in [1.29, 1.82) is 0 Å². The molecule has 0 atom stereocenters. The van der Waals surface area contributed by atoms with Crippen LogP contribution in [0.2, 0.25) is 0 Å². The monoisotopic (exact) mass is 418 g/mol. The van der Waals surface area contributed by atoms with Crippen LogP contribution < -0.4 is 10.9 Å². The van der Waals surface area contributed by atoms with Gasteiger partial charge < -0.3 is 20.4 Å². The molecule has 0 saturated carbocycles. The molecule has 2 rings (SSSR count). The number of hydrogen-bond donors (Lipinski definition) is 0. The van der Waals surface area contributed by atoms with Gasteiger partial charge in [0.05, 0.1) is 12.1 Å². The van der Waals surface area contributed by atoms with E-state index in [9.17, 15) is 0 Å². The van der Waals surface area contributed by atoms with Crippen LogP contribution in [0, 0.1) is 0 Å². The first-order valence-corrected chi connectivity index (χ1v) is 8.16. The summed E-state index contributed by atoms with van der Waals surface area (Å²) < 4.78 is 0. The molecule has 2 aromatic carbocycles. The van der Waals surface area contributed by atoms with Gasteiger partial charge in [-0.05, 0) is 0 Å². The Morgan fingerprint density at radius 3 is 1.07 bits per heavy atom. The third-order valence-electron chi connectivity index (χ3n) is 2.03. The van der Waals surface area contributed by atoms with Gasteiger partial charge in [0.2, 0.25) is 0 Å². The van der Waals surface area contributed by atoms with Crippen LogP contribution in [0.3, 0.4) is 0 Å². The smallest absolute Gasteiger partial charge is 0.433 e. The maximum atomic E-state index is 8.89. The van der Waals surface area contributed by atoms with E-state index in [1.54, 1.807) is 36.4 Å². The minimum absolute atomic E-state index is 0. The summed E-state index contributed by atoms with van der Waals surface area (Å²) in [6, 6.07) is 16.4.